The molecule has 2 bridgehead atoms. The fraction of sp³-hybridized carbons (Fsp3) is 0.409. The zero-order valence-electron chi connectivity index (χ0n) is 15.6. The number of rotatable bonds is 4. The van der Waals surface area contributed by atoms with E-state index in [9.17, 15) is 4.79 Å². The van der Waals surface area contributed by atoms with Gasteiger partial charge in [0.05, 0.1) is 12.7 Å². The second kappa shape index (κ2) is 7.91. The van der Waals surface area contributed by atoms with Crippen LogP contribution in [-0.4, -0.2) is 48.5 Å². The van der Waals surface area contributed by atoms with E-state index in [1.54, 1.807) is 25.3 Å². The summed E-state index contributed by atoms with van der Waals surface area (Å²) in [4.78, 5) is 17.8. The molecule has 2 aromatic carbocycles. The third-order valence-corrected chi connectivity index (χ3v) is 5.97. The average molecular weight is 385 g/mol. The molecule has 3 aliphatic rings. The number of hydrogen-bond donors (Lipinski definition) is 0. The normalized spacial score (nSPS) is 22.5. The van der Waals surface area contributed by atoms with Gasteiger partial charge >= 0.3 is 0 Å². The maximum absolute atomic E-state index is 13.2. The molecule has 1 amide bonds. The minimum absolute atomic E-state index is 0.0435. The summed E-state index contributed by atoms with van der Waals surface area (Å²) in [6.45, 7) is 3.59. The minimum atomic E-state index is 0.0435. The third kappa shape index (κ3) is 3.97. The van der Waals surface area contributed by atoms with Crippen molar-refractivity contribution in [2.75, 3.05) is 26.7 Å². The minimum Gasteiger partial charge on any atom is -0.496 e. The lowest BCUT2D eigenvalue weighted by Gasteiger charge is -2.36. The number of hydrogen-bond acceptors (Lipinski definition) is 3. The van der Waals surface area contributed by atoms with Crippen LogP contribution in [0.5, 0.6) is 5.75 Å². The van der Waals surface area contributed by atoms with E-state index in [0.29, 0.717) is 28.3 Å². The summed E-state index contributed by atoms with van der Waals surface area (Å²) >= 11 is 6.05. The van der Waals surface area contributed by atoms with Crippen molar-refractivity contribution in [2.24, 2.45) is 5.92 Å². The fourth-order valence-electron chi connectivity index (χ4n) is 4.37. The SMILES string of the molecule is COc1cc(Cl)ccc1C(=O)N1C[C@@H]2CC[C@H](C1)N(Cc1ccccc1)C2. The van der Waals surface area contributed by atoms with Crippen molar-refractivity contribution in [2.45, 2.75) is 25.4 Å². The first-order chi connectivity index (χ1) is 13.1. The molecule has 2 aromatic rings. The van der Waals surface area contributed by atoms with Gasteiger partial charge in [-0.1, -0.05) is 41.9 Å². The van der Waals surface area contributed by atoms with Gasteiger partial charge in [0.2, 0.25) is 0 Å². The van der Waals surface area contributed by atoms with Gasteiger partial charge in [-0.25, -0.2) is 0 Å². The molecule has 5 heteroatoms. The number of carbonyl (C=O) groups excluding carboxylic acids is 1. The molecule has 0 N–H and O–H groups in total. The maximum Gasteiger partial charge on any atom is 0.257 e. The lowest BCUT2D eigenvalue weighted by atomic mass is 9.94. The quantitative estimate of drug-likeness (QED) is 0.796. The smallest absolute Gasteiger partial charge is 0.257 e. The lowest BCUT2D eigenvalue weighted by Crippen LogP contribution is -2.43. The average Bonchev–Trinajstić information content (AvgIpc) is 3.00. The Morgan fingerprint density at radius 2 is 1.93 bits per heavy atom. The lowest BCUT2D eigenvalue weighted by molar-refractivity contribution is 0.0732. The van der Waals surface area contributed by atoms with Crippen LogP contribution < -0.4 is 4.74 Å². The molecule has 3 aliphatic heterocycles. The van der Waals surface area contributed by atoms with Crippen molar-refractivity contribution in [3.05, 3.63) is 64.7 Å². The van der Waals surface area contributed by atoms with Crippen LogP contribution >= 0.6 is 11.6 Å². The summed E-state index contributed by atoms with van der Waals surface area (Å²) in [7, 11) is 1.58. The van der Waals surface area contributed by atoms with Gasteiger partial charge in [-0.05, 0) is 42.5 Å². The summed E-state index contributed by atoms with van der Waals surface area (Å²) in [6.07, 6.45) is 2.34. The highest BCUT2D eigenvalue weighted by Gasteiger charge is 2.37. The third-order valence-electron chi connectivity index (χ3n) is 5.74. The van der Waals surface area contributed by atoms with E-state index in [1.807, 2.05) is 4.90 Å². The Morgan fingerprint density at radius 3 is 2.70 bits per heavy atom. The second-order valence-corrected chi connectivity index (χ2v) is 8.00. The molecule has 0 saturated carbocycles. The van der Waals surface area contributed by atoms with Gasteiger partial charge in [-0.2, -0.15) is 0 Å². The van der Waals surface area contributed by atoms with Crippen LogP contribution in [0.4, 0.5) is 0 Å². The Bertz CT molecular complexity index is 811. The Labute approximate surface area is 165 Å². The highest BCUT2D eigenvalue weighted by Crippen LogP contribution is 2.31. The van der Waals surface area contributed by atoms with Gasteiger partial charge in [-0.3, -0.25) is 9.69 Å². The van der Waals surface area contributed by atoms with Crippen LogP contribution in [0.3, 0.4) is 0 Å². The van der Waals surface area contributed by atoms with E-state index in [0.717, 1.165) is 32.6 Å². The molecule has 3 saturated heterocycles. The number of carbonyl (C=O) groups is 1. The number of halogens is 1. The van der Waals surface area contributed by atoms with Crippen molar-refractivity contribution in [3.8, 4) is 5.75 Å². The maximum atomic E-state index is 13.2. The van der Waals surface area contributed by atoms with E-state index in [4.69, 9.17) is 16.3 Å². The van der Waals surface area contributed by atoms with Crippen LogP contribution in [0.2, 0.25) is 5.02 Å². The molecule has 4 nitrogen and oxygen atoms in total. The molecule has 3 fully saturated rings. The van der Waals surface area contributed by atoms with Crippen molar-refractivity contribution < 1.29 is 9.53 Å². The first-order valence-electron chi connectivity index (χ1n) is 9.55. The zero-order chi connectivity index (χ0) is 18.8. The number of piperidine rings is 1. The van der Waals surface area contributed by atoms with Gasteiger partial charge in [0.1, 0.15) is 5.75 Å². The van der Waals surface area contributed by atoms with Crippen molar-refractivity contribution in [1.29, 1.82) is 0 Å². The monoisotopic (exact) mass is 384 g/mol. The van der Waals surface area contributed by atoms with E-state index in [-0.39, 0.29) is 5.91 Å². The fourth-order valence-corrected chi connectivity index (χ4v) is 4.53. The van der Waals surface area contributed by atoms with Gasteiger partial charge < -0.3 is 9.64 Å². The summed E-state index contributed by atoms with van der Waals surface area (Å²) in [5.41, 5.74) is 1.93. The van der Waals surface area contributed by atoms with E-state index in [2.05, 4.69) is 35.2 Å². The Balaban J connectivity index is 1.52. The molecule has 0 spiro atoms. The predicted molar refractivity (Wildman–Crippen MR) is 107 cm³/mol. The number of ether oxygens (including phenoxy) is 1. The van der Waals surface area contributed by atoms with Crippen LogP contribution in [-0.2, 0) is 6.54 Å². The highest BCUT2D eigenvalue weighted by atomic mass is 35.5. The molecule has 0 aromatic heterocycles. The first-order valence-corrected chi connectivity index (χ1v) is 9.92. The van der Waals surface area contributed by atoms with Crippen molar-refractivity contribution in [3.63, 3.8) is 0 Å². The first kappa shape index (κ1) is 18.3. The van der Waals surface area contributed by atoms with Crippen LogP contribution in [0.1, 0.15) is 28.8 Å². The Morgan fingerprint density at radius 1 is 1.11 bits per heavy atom. The van der Waals surface area contributed by atoms with Gasteiger partial charge in [0, 0.05) is 37.2 Å². The zero-order valence-corrected chi connectivity index (χ0v) is 16.4. The van der Waals surface area contributed by atoms with Gasteiger partial charge in [0.25, 0.3) is 5.91 Å². The van der Waals surface area contributed by atoms with E-state index >= 15 is 0 Å². The molecule has 0 radical (unpaired) electrons. The predicted octanol–water partition coefficient (Wildman–Crippen LogP) is 4.09. The van der Waals surface area contributed by atoms with E-state index < -0.39 is 0 Å². The molecule has 5 rings (SSSR count). The molecular weight excluding hydrogens is 360 g/mol. The summed E-state index contributed by atoms with van der Waals surface area (Å²) in [5, 5.41) is 0.577. The molecular formula is C22H25ClN2O2. The summed E-state index contributed by atoms with van der Waals surface area (Å²) in [6, 6.07) is 16.2. The molecule has 2 atom stereocenters. The molecule has 27 heavy (non-hydrogen) atoms. The topological polar surface area (TPSA) is 32.8 Å². The highest BCUT2D eigenvalue weighted by molar-refractivity contribution is 6.30. The molecule has 0 unspecified atom stereocenters. The van der Waals surface area contributed by atoms with Crippen LogP contribution in [0, 0.1) is 5.92 Å². The van der Waals surface area contributed by atoms with Gasteiger partial charge in [0.15, 0.2) is 0 Å². The summed E-state index contributed by atoms with van der Waals surface area (Å²) in [5.74, 6) is 1.11. The Kier molecular flexibility index (Phi) is 5.37. The van der Waals surface area contributed by atoms with Crippen LogP contribution in [0.15, 0.2) is 48.5 Å². The van der Waals surface area contributed by atoms with Gasteiger partial charge in [-0.15, -0.1) is 0 Å². The standard InChI is InChI=1S/C22H25ClN2O2/c1-27-21-11-18(23)8-10-20(21)22(26)25-14-17-7-9-19(15-25)24(13-17)12-16-5-3-2-4-6-16/h2-6,8,10-11,17,19H,7,9,12-15H2,1H3/t17-,19-/m1/s1. The number of fused-ring (bicyclic) bond motifs is 4. The summed E-state index contributed by atoms with van der Waals surface area (Å²) < 4.78 is 5.40. The number of methoxy groups -OCH3 is 1. The number of amides is 1. The largest absolute Gasteiger partial charge is 0.496 e. The van der Waals surface area contributed by atoms with Crippen LogP contribution in [0.25, 0.3) is 0 Å². The molecule has 3 heterocycles. The second-order valence-electron chi connectivity index (χ2n) is 7.57. The van der Waals surface area contributed by atoms with E-state index in [1.165, 1.54) is 12.0 Å². The van der Waals surface area contributed by atoms with Crippen molar-refractivity contribution in [1.82, 2.24) is 9.80 Å². The molecule has 0 aliphatic carbocycles. The number of nitrogens with zero attached hydrogens (tertiary/aromatic N) is 2. The Hall–Kier alpha value is -2.04. The van der Waals surface area contributed by atoms with Crippen molar-refractivity contribution >= 4 is 17.5 Å². The number of benzene rings is 2. The molecule has 142 valence electrons.